The number of carboxylic acid groups (broad SMARTS) is 1. The van der Waals surface area contributed by atoms with Gasteiger partial charge in [0, 0.05) is 5.92 Å². The van der Waals surface area contributed by atoms with Gasteiger partial charge in [0.15, 0.2) is 0 Å². The normalized spacial score (nSPS) is 24.9. The second-order valence-electron chi connectivity index (χ2n) is 4.45. The van der Waals surface area contributed by atoms with Gasteiger partial charge in [-0.05, 0) is 25.3 Å². The minimum atomic E-state index is -0.683. The largest absolute Gasteiger partial charge is 0.481 e. The van der Waals surface area contributed by atoms with Crippen molar-refractivity contribution in [1.29, 1.82) is 0 Å². The third-order valence-electron chi connectivity index (χ3n) is 3.29. The lowest BCUT2D eigenvalue weighted by atomic mass is 9.76. The highest BCUT2D eigenvalue weighted by Gasteiger charge is 2.31. The van der Waals surface area contributed by atoms with Crippen LogP contribution in [-0.4, -0.2) is 11.1 Å². The third kappa shape index (κ3) is 2.16. The summed E-state index contributed by atoms with van der Waals surface area (Å²) in [6.07, 6.45) is 3.57. The first-order valence-corrected chi connectivity index (χ1v) is 5.62. The van der Waals surface area contributed by atoms with Crippen molar-refractivity contribution in [3.8, 4) is 0 Å². The summed E-state index contributed by atoms with van der Waals surface area (Å²) in [6.45, 7) is 2.08. The van der Waals surface area contributed by atoms with Crippen LogP contribution in [0.15, 0.2) is 42.0 Å². The molecule has 16 heavy (non-hydrogen) atoms. The van der Waals surface area contributed by atoms with Crippen molar-refractivity contribution in [2.45, 2.75) is 25.7 Å². The zero-order valence-electron chi connectivity index (χ0n) is 9.39. The quantitative estimate of drug-likeness (QED) is 0.771. The maximum atomic E-state index is 11.2. The van der Waals surface area contributed by atoms with Gasteiger partial charge in [0.2, 0.25) is 0 Å². The lowest BCUT2D eigenvalue weighted by Crippen LogP contribution is -2.24. The fourth-order valence-corrected chi connectivity index (χ4v) is 2.39. The highest BCUT2D eigenvalue weighted by Crippen LogP contribution is 2.37. The number of hydrogen-bond donors (Lipinski definition) is 1. The number of aliphatic carboxylic acids is 1. The zero-order chi connectivity index (χ0) is 11.5. The molecule has 0 aromatic heterocycles. The summed E-state index contributed by atoms with van der Waals surface area (Å²) in [5.74, 6) is -0.826. The minimum absolute atomic E-state index is 0.128. The molecular formula is C14H16O2. The van der Waals surface area contributed by atoms with E-state index in [-0.39, 0.29) is 11.8 Å². The van der Waals surface area contributed by atoms with E-state index < -0.39 is 5.97 Å². The lowest BCUT2D eigenvalue weighted by molar-refractivity contribution is -0.142. The van der Waals surface area contributed by atoms with Gasteiger partial charge in [-0.15, -0.1) is 0 Å². The minimum Gasteiger partial charge on any atom is -0.481 e. The van der Waals surface area contributed by atoms with Crippen molar-refractivity contribution in [3.05, 3.63) is 47.5 Å². The highest BCUT2D eigenvalue weighted by molar-refractivity contribution is 5.72. The van der Waals surface area contributed by atoms with Crippen LogP contribution in [0.25, 0.3) is 0 Å². The molecule has 0 bridgehead atoms. The van der Waals surface area contributed by atoms with Gasteiger partial charge in [-0.3, -0.25) is 4.79 Å². The predicted octanol–water partition coefficient (Wildman–Crippen LogP) is 3.21. The van der Waals surface area contributed by atoms with Gasteiger partial charge in [0.05, 0.1) is 5.92 Å². The summed E-state index contributed by atoms with van der Waals surface area (Å²) in [6, 6.07) is 9.97. The first kappa shape index (κ1) is 10.9. The fourth-order valence-electron chi connectivity index (χ4n) is 2.39. The smallest absolute Gasteiger partial charge is 0.307 e. The Bertz CT molecular complexity index is 406. The van der Waals surface area contributed by atoms with Gasteiger partial charge >= 0.3 is 5.97 Å². The molecule has 1 aliphatic rings. The van der Waals surface area contributed by atoms with Gasteiger partial charge in [0.25, 0.3) is 0 Å². The Balaban J connectivity index is 2.30. The molecule has 1 aromatic rings. The maximum Gasteiger partial charge on any atom is 0.307 e. The molecule has 0 fully saturated rings. The van der Waals surface area contributed by atoms with E-state index >= 15 is 0 Å². The summed E-state index contributed by atoms with van der Waals surface area (Å²) < 4.78 is 0. The molecule has 0 saturated carbocycles. The topological polar surface area (TPSA) is 37.3 Å². The van der Waals surface area contributed by atoms with E-state index in [0.29, 0.717) is 6.42 Å². The first-order valence-electron chi connectivity index (χ1n) is 5.62. The zero-order valence-corrected chi connectivity index (χ0v) is 9.39. The Kier molecular flexibility index (Phi) is 3.09. The van der Waals surface area contributed by atoms with Crippen LogP contribution in [0.5, 0.6) is 0 Å². The van der Waals surface area contributed by atoms with Gasteiger partial charge < -0.3 is 5.11 Å². The van der Waals surface area contributed by atoms with Crippen molar-refractivity contribution < 1.29 is 9.90 Å². The molecule has 0 aliphatic heterocycles. The second kappa shape index (κ2) is 4.52. The number of benzene rings is 1. The number of carbonyl (C=O) groups is 1. The van der Waals surface area contributed by atoms with Gasteiger partial charge in [0.1, 0.15) is 0 Å². The van der Waals surface area contributed by atoms with Crippen LogP contribution in [0.2, 0.25) is 0 Å². The Hall–Kier alpha value is -1.57. The number of allylic oxidation sites excluding steroid dienone is 2. The van der Waals surface area contributed by atoms with E-state index in [1.165, 1.54) is 5.57 Å². The van der Waals surface area contributed by atoms with Crippen LogP contribution in [0, 0.1) is 5.92 Å². The number of rotatable bonds is 2. The van der Waals surface area contributed by atoms with E-state index in [4.69, 9.17) is 0 Å². The summed E-state index contributed by atoms with van der Waals surface area (Å²) >= 11 is 0. The standard InChI is InChI=1S/C14H16O2/c1-10-7-8-12(14(15)16)13(9-10)11-5-3-2-4-6-11/h2-7,12-13H,8-9H2,1H3,(H,15,16)/t12-,13+/m0/s1. The summed E-state index contributed by atoms with van der Waals surface area (Å²) in [7, 11) is 0. The average Bonchev–Trinajstić information content (AvgIpc) is 2.29. The number of carboxylic acids is 1. The molecule has 2 rings (SSSR count). The first-order chi connectivity index (χ1) is 7.68. The molecule has 1 N–H and O–H groups in total. The van der Waals surface area contributed by atoms with Crippen molar-refractivity contribution in [2.24, 2.45) is 5.92 Å². The third-order valence-corrected chi connectivity index (χ3v) is 3.29. The van der Waals surface area contributed by atoms with Crippen LogP contribution >= 0.6 is 0 Å². The Morgan fingerprint density at radius 1 is 1.31 bits per heavy atom. The molecule has 2 heteroatoms. The summed E-state index contributed by atoms with van der Waals surface area (Å²) in [4.78, 5) is 11.2. The molecule has 0 heterocycles. The molecule has 2 nitrogen and oxygen atoms in total. The monoisotopic (exact) mass is 216 g/mol. The van der Waals surface area contributed by atoms with Crippen LogP contribution in [0.1, 0.15) is 31.2 Å². The van der Waals surface area contributed by atoms with Gasteiger partial charge in [-0.1, -0.05) is 42.0 Å². The van der Waals surface area contributed by atoms with E-state index in [1.807, 2.05) is 30.3 Å². The summed E-state index contributed by atoms with van der Waals surface area (Å²) in [5.41, 5.74) is 2.44. The molecule has 0 radical (unpaired) electrons. The molecule has 0 saturated heterocycles. The van der Waals surface area contributed by atoms with E-state index in [2.05, 4.69) is 13.0 Å². The second-order valence-corrected chi connectivity index (χ2v) is 4.45. The van der Waals surface area contributed by atoms with E-state index in [0.717, 1.165) is 12.0 Å². The van der Waals surface area contributed by atoms with Crippen LogP contribution in [0.3, 0.4) is 0 Å². The van der Waals surface area contributed by atoms with Crippen molar-refractivity contribution >= 4 is 5.97 Å². The van der Waals surface area contributed by atoms with Crippen molar-refractivity contribution in [3.63, 3.8) is 0 Å². The van der Waals surface area contributed by atoms with Crippen molar-refractivity contribution in [2.75, 3.05) is 0 Å². The maximum absolute atomic E-state index is 11.2. The molecule has 0 spiro atoms. The van der Waals surface area contributed by atoms with E-state index in [1.54, 1.807) is 0 Å². The predicted molar refractivity (Wildman–Crippen MR) is 63.3 cm³/mol. The highest BCUT2D eigenvalue weighted by atomic mass is 16.4. The fraction of sp³-hybridized carbons (Fsp3) is 0.357. The molecular weight excluding hydrogens is 200 g/mol. The van der Waals surface area contributed by atoms with Crippen molar-refractivity contribution in [1.82, 2.24) is 0 Å². The average molecular weight is 216 g/mol. The Labute approximate surface area is 95.6 Å². The molecule has 0 amide bonds. The molecule has 84 valence electrons. The number of hydrogen-bond acceptors (Lipinski definition) is 1. The molecule has 1 aliphatic carbocycles. The van der Waals surface area contributed by atoms with Gasteiger partial charge in [-0.25, -0.2) is 0 Å². The van der Waals surface area contributed by atoms with Crippen LogP contribution < -0.4 is 0 Å². The van der Waals surface area contributed by atoms with Crippen LogP contribution in [-0.2, 0) is 4.79 Å². The molecule has 1 aromatic carbocycles. The van der Waals surface area contributed by atoms with E-state index in [9.17, 15) is 9.90 Å². The SMILES string of the molecule is CC1=CC[C@H](C(=O)O)[C@@H](c2ccccc2)C1. The van der Waals surface area contributed by atoms with Crippen LogP contribution in [0.4, 0.5) is 0 Å². The summed E-state index contributed by atoms with van der Waals surface area (Å²) in [5, 5.41) is 9.23. The Morgan fingerprint density at radius 3 is 2.62 bits per heavy atom. The Morgan fingerprint density at radius 2 is 2.00 bits per heavy atom. The molecule has 2 atom stereocenters. The molecule has 0 unspecified atom stereocenters. The van der Waals surface area contributed by atoms with Gasteiger partial charge in [-0.2, -0.15) is 0 Å². The lowest BCUT2D eigenvalue weighted by Gasteiger charge is -2.28.